The van der Waals surface area contributed by atoms with Crippen molar-refractivity contribution in [1.82, 2.24) is 19.5 Å². The topological polar surface area (TPSA) is 43.6 Å². The Kier molecular flexibility index (Phi) is 11.0. The second-order valence-corrected chi connectivity index (χ2v) is 15.3. The Balaban J connectivity index is 0.00000229. The van der Waals surface area contributed by atoms with Crippen molar-refractivity contribution in [1.29, 1.82) is 0 Å². The molecule has 0 N–H and O–H groups in total. The van der Waals surface area contributed by atoms with E-state index in [2.05, 4.69) is 168 Å². The second kappa shape index (κ2) is 16.0. The lowest BCUT2D eigenvalue weighted by Crippen LogP contribution is -2.14. The molecule has 2 aromatic heterocycles. The van der Waals surface area contributed by atoms with Crippen LogP contribution in [-0.2, 0) is 18.3 Å². The van der Waals surface area contributed by atoms with Crippen molar-refractivity contribution >= 4 is 0 Å². The highest BCUT2D eigenvalue weighted by molar-refractivity contribution is 5.73. The maximum atomic E-state index is 5.49. The van der Waals surface area contributed by atoms with Gasteiger partial charge in [0.25, 0.3) is 0 Å². The number of hydrogen-bond acceptors (Lipinski definition) is 3. The minimum Gasteiger partial charge on any atom is -0.298 e. The van der Waals surface area contributed by atoms with Crippen LogP contribution in [0.4, 0.5) is 0 Å². The third-order valence-corrected chi connectivity index (χ3v) is 11.8. The van der Waals surface area contributed by atoms with E-state index in [4.69, 9.17) is 15.0 Å². The third-order valence-electron chi connectivity index (χ3n) is 11.8. The predicted molar refractivity (Wildman–Crippen MR) is 230 cm³/mol. The molecule has 2 atom stereocenters. The van der Waals surface area contributed by atoms with Crippen LogP contribution in [0.1, 0.15) is 90.6 Å². The molecule has 0 saturated heterocycles. The first-order valence-corrected chi connectivity index (χ1v) is 20.0. The smallest absolute Gasteiger partial charge is 0.163 e. The van der Waals surface area contributed by atoms with Crippen LogP contribution in [0, 0.1) is 33.6 Å². The molecule has 0 bridgehead atoms. The fraction of sp³-hybridized carbons (Fsp3) is 0.275. The van der Waals surface area contributed by atoms with Gasteiger partial charge in [0, 0.05) is 29.7 Å². The number of aromatic nitrogens is 4. The predicted octanol–water partition coefficient (Wildman–Crippen LogP) is 12.8. The standard InChI is InChI=1S/C49H48N4.C2H6/c1-7-42-30-49(42,6)43-31-51-47(44-34(4)18-15-19-35(44)5)52-45(43)48-50-24-25-53(48)46-40(26-37-22-13-11-16-32(37)2)28-39(36-20-9-8-10-21-36)29-41(46)27-38-23-14-12-17-33(38)3;1-2/h8-25,28-29,31,42H,7,26-27,30H2,1-6H3;1-2H3/t42-,49?;/m0./s1. The number of aryl methyl sites for hydroxylation is 4. The highest BCUT2D eigenvalue weighted by Crippen LogP contribution is 2.57. The fourth-order valence-electron chi connectivity index (χ4n) is 8.46. The Labute approximate surface area is 328 Å². The molecule has 8 rings (SSSR count). The molecule has 0 aliphatic heterocycles. The van der Waals surface area contributed by atoms with Crippen molar-refractivity contribution in [2.75, 3.05) is 0 Å². The summed E-state index contributed by atoms with van der Waals surface area (Å²) in [4.78, 5) is 15.8. The SMILES string of the molecule is CC.CC[C@H]1CC1(C)c1cnc(-c2c(C)cccc2C)nc1-c1nccn1-c1c(Cc2ccccc2C)cc(-c2ccccc2)cc1Cc1ccccc1C. The molecule has 1 saturated carbocycles. The third kappa shape index (κ3) is 7.43. The summed E-state index contributed by atoms with van der Waals surface area (Å²) < 4.78 is 2.34. The Hall–Kier alpha value is -5.61. The minimum atomic E-state index is 0.00526. The second-order valence-electron chi connectivity index (χ2n) is 15.3. The molecule has 0 amide bonds. The first-order valence-electron chi connectivity index (χ1n) is 20.0. The van der Waals surface area contributed by atoms with Gasteiger partial charge in [-0.05, 0) is 126 Å². The van der Waals surface area contributed by atoms with Crippen molar-refractivity contribution < 1.29 is 0 Å². The van der Waals surface area contributed by atoms with Gasteiger partial charge in [-0.25, -0.2) is 15.0 Å². The lowest BCUT2D eigenvalue weighted by molar-refractivity contribution is 0.638. The van der Waals surface area contributed by atoms with Crippen LogP contribution in [0.3, 0.4) is 0 Å². The molecule has 1 unspecified atom stereocenters. The molecule has 5 aromatic carbocycles. The van der Waals surface area contributed by atoms with E-state index in [1.807, 2.05) is 20.0 Å². The summed E-state index contributed by atoms with van der Waals surface area (Å²) in [6, 6.07) is 39.5. The Morgan fingerprint density at radius 2 is 1.22 bits per heavy atom. The lowest BCUT2D eigenvalue weighted by atomic mass is 9.89. The van der Waals surface area contributed by atoms with Gasteiger partial charge in [0.1, 0.15) is 5.69 Å². The van der Waals surface area contributed by atoms with Crippen LogP contribution in [0.15, 0.2) is 128 Å². The first kappa shape index (κ1) is 37.7. The summed E-state index contributed by atoms with van der Waals surface area (Å²) in [5, 5.41) is 0. The van der Waals surface area contributed by atoms with Gasteiger partial charge >= 0.3 is 0 Å². The minimum absolute atomic E-state index is 0.00526. The van der Waals surface area contributed by atoms with Gasteiger partial charge in [-0.2, -0.15) is 0 Å². The van der Waals surface area contributed by atoms with E-state index in [1.165, 1.54) is 66.9 Å². The van der Waals surface area contributed by atoms with E-state index in [0.717, 1.165) is 48.6 Å². The average Bonchev–Trinajstić information content (AvgIpc) is 3.64. The lowest BCUT2D eigenvalue weighted by Gasteiger charge is -2.23. The van der Waals surface area contributed by atoms with E-state index in [-0.39, 0.29) is 5.41 Å². The van der Waals surface area contributed by atoms with E-state index >= 15 is 0 Å². The van der Waals surface area contributed by atoms with Crippen molar-refractivity contribution in [3.05, 3.63) is 178 Å². The Morgan fingerprint density at radius 1 is 0.655 bits per heavy atom. The summed E-state index contributed by atoms with van der Waals surface area (Å²) in [7, 11) is 0. The summed E-state index contributed by atoms with van der Waals surface area (Å²) in [5.41, 5.74) is 16.9. The van der Waals surface area contributed by atoms with Gasteiger partial charge in [0.15, 0.2) is 11.6 Å². The molecule has 0 spiro atoms. The first-order chi connectivity index (χ1) is 26.7. The average molecular weight is 723 g/mol. The summed E-state index contributed by atoms with van der Waals surface area (Å²) in [6.07, 6.45) is 10.1. The number of nitrogens with zero attached hydrogens (tertiary/aromatic N) is 4. The summed E-state index contributed by atoms with van der Waals surface area (Å²) in [5.74, 6) is 2.21. The molecule has 1 aliphatic carbocycles. The fourth-order valence-corrected chi connectivity index (χ4v) is 8.46. The van der Waals surface area contributed by atoms with E-state index in [1.54, 1.807) is 0 Å². The maximum Gasteiger partial charge on any atom is 0.163 e. The number of rotatable bonds is 10. The van der Waals surface area contributed by atoms with Crippen molar-refractivity contribution in [3.8, 4) is 39.7 Å². The normalized spacial score (nSPS) is 16.0. The molecule has 278 valence electrons. The Morgan fingerprint density at radius 3 is 1.78 bits per heavy atom. The molecule has 4 heteroatoms. The zero-order valence-electron chi connectivity index (χ0n) is 33.8. The van der Waals surface area contributed by atoms with Gasteiger partial charge in [-0.1, -0.05) is 131 Å². The van der Waals surface area contributed by atoms with Crippen molar-refractivity contribution in [3.63, 3.8) is 0 Å². The zero-order valence-corrected chi connectivity index (χ0v) is 33.8. The van der Waals surface area contributed by atoms with Crippen LogP contribution in [0.2, 0.25) is 0 Å². The van der Waals surface area contributed by atoms with Crippen LogP contribution >= 0.6 is 0 Å². The van der Waals surface area contributed by atoms with E-state index in [9.17, 15) is 0 Å². The van der Waals surface area contributed by atoms with Gasteiger partial charge in [0.2, 0.25) is 0 Å². The number of benzene rings is 5. The van der Waals surface area contributed by atoms with E-state index in [0.29, 0.717) is 5.92 Å². The molecule has 4 nitrogen and oxygen atoms in total. The summed E-state index contributed by atoms with van der Waals surface area (Å²) in [6.45, 7) is 17.4. The van der Waals surface area contributed by atoms with E-state index < -0.39 is 0 Å². The van der Waals surface area contributed by atoms with Crippen LogP contribution < -0.4 is 0 Å². The molecular weight excluding hydrogens is 669 g/mol. The number of imidazole rings is 1. The van der Waals surface area contributed by atoms with Crippen molar-refractivity contribution in [2.45, 2.75) is 86.5 Å². The van der Waals surface area contributed by atoms with Gasteiger partial charge in [-0.3, -0.25) is 4.57 Å². The maximum absolute atomic E-state index is 5.49. The molecule has 7 aromatic rings. The van der Waals surface area contributed by atoms with Crippen LogP contribution in [0.5, 0.6) is 0 Å². The number of hydrogen-bond donors (Lipinski definition) is 0. The zero-order chi connectivity index (χ0) is 38.7. The molecular formula is C51H54N4. The monoisotopic (exact) mass is 722 g/mol. The van der Waals surface area contributed by atoms with Gasteiger partial charge < -0.3 is 0 Å². The van der Waals surface area contributed by atoms with Gasteiger partial charge in [-0.15, -0.1) is 0 Å². The molecule has 1 fully saturated rings. The summed E-state index contributed by atoms with van der Waals surface area (Å²) >= 11 is 0. The molecule has 1 aliphatic rings. The van der Waals surface area contributed by atoms with Crippen LogP contribution in [0.25, 0.3) is 39.7 Å². The molecule has 2 heterocycles. The highest BCUT2D eigenvalue weighted by atomic mass is 15.1. The molecule has 0 radical (unpaired) electrons. The van der Waals surface area contributed by atoms with Crippen LogP contribution in [-0.4, -0.2) is 19.5 Å². The Bertz CT molecular complexity index is 2350. The van der Waals surface area contributed by atoms with Gasteiger partial charge in [0.05, 0.1) is 5.69 Å². The quantitative estimate of drug-likeness (QED) is 0.141. The highest BCUT2D eigenvalue weighted by Gasteiger charge is 2.52. The molecule has 55 heavy (non-hydrogen) atoms. The largest absolute Gasteiger partial charge is 0.298 e. The van der Waals surface area contributed by atoms with Crippen molar-refractivity contribution in [2.24, 2.45) is 5.92 Å².